The summed E-state index contributed by atoms with van der Waals surface area (Å²) in [6.07, 6.45) is 6.42. The zero-order chi connectivity index (χ0) is 12.4. The van der Waals surface area contributed by atoms with E-state index in [1.54, 1.807) is 6.08 Å². The van der Waals surface area contributed by atoms with Crippen LogP contribution in [0.5, 0.6) is 0 Å². The lowest BCUT2D eigenvalue weighted by molar-refractivity contribution is -0.177. The van der Waals surface area contributed by atoms with Gasteiger partial charge in [0.15, 0.2) is 0 Å². The van der Waals surface area contributed by atoms with E-state index in [2.05, 4.69) is 20.8 Å². The summed E-state index contributed by atoms with van der Waals surface area (Å²) in [6.45, 7) is 6.80. The van der Waals surface area contributed by atoms with Crippen LogP contribution < -0.4 is 0 Å². The Labute approximate surface area is 103 Å². The van der Waals surface area contributed by atoms with Gasteiger partial charge in [-0.2, -0.15) is 0 Å². The van der Waals surface area contributed by atoms with Crippen molar-refractivity contribution >= 4 is 5.97 Å². The summed E-state index contributed by atoms with van der Waals surface area (Å²) in [7, 11) is 0. The van der Waals surface area contributed by atoms with Crippen LogP contribution in [-0.2, 0) is 14.3 Å². The maximum atomic E-state index is 11.0. The van der Waals surface area contributed by atoms with E-state index in [4.69, 9.17) is 9.47 Å². The molecule has 3 nitrogen and oxygen atoms in total. The average Bonchev–Trinajstić information content (AvgIpc) is 2.66. The highest BCUT2D eigenvalue weighted by atomic mass is 16.7. The van der Waals surface area contributed by atoms with Crippen molar-refractivity contribution in [3.05, 3.63) is 12.2 Å². The van der Waals surface area contributed by atoms with Gasteiger partial charge in [0.1, 0.15) is 0 Å². The van der Waals surface area contributed by atoms with Crippen molar-refractivity contribution < 1.29 is 14.3 Å². The normalized spacial score (nSPS) is 37.5. The molecule has 0 N–H and O–H groups in total. The minimum absolute atomic E-state index is 0.228. The number of carbonyl (C=O) groups excluding carboxylic acids is 1. The molecule has 3 heteroatoms. The lowest BCUT2D eigenvalue weighted by Gasteiger charge is -2.37. The SMILES string of the molecule is CC1CCC(O[C@@H]2C=CC(=O)O2)C(C(C)C)C1. The molecular weight excluding hydrogens is 216 g/mol. The fraction of sp³-hybridized carbons (Fsp3) is 0.786. The monoisotopic (exact) mass is 238 g/mol. The van der Waals surface area contributed by atoms with Crippen LogP contribution in [0.1, 0.15) is 40.0 Å². The van der Waals surface area contributed by atoms with E-state index in [9.17, 15) is 4.79 Å². The second-order valence-corrected chi connectivity index (χ2v) is 5.67. The molecule has 0 saturated heterocycles. The number of hydrogen-bond acceptors (Lipinski definition) is 3. The van der Waals surface area contributed by atoms with E-state index in [1.807, 2.05) is 0 Å². The van der Waals surface area contributed by atoms with E-state index in [1.165, 1.54) is 18.9 Å². The van der Waals surface area contributed by atoms with Gasteiger partial charge < -0.3 is 9.47 Å². The first-order valence-electron chi connectivity index (χ1n) is 6.60. The van der Waals surface area contributed by atoms with Gasteiger partial charge in [-0.15, -0.1) is 0 Å². The Morgan fingerprint density at radius 1 is 1.41 bits per heavy atom. The summed E-state index contributed by atoms with van der Waals surface area (Å²) in [5.74, 6) is 1.68. The minimum Gasteiger partial charge on any atom is -0.429 e. The number of carbonyl (C=O) groups is 1. The number of ether oxygens (including phenoxy) is 2. The van der Waals surface area contributed by atoms with Crippen LogP contribution in [0.2, 0.25) is 0 Å². The van der Waals surface area contributed by atoms with E-state index < -0.39 is 6.29 Å². The van der Waals surface area contributed by atoms with Gasteiger partial charge in [0.2, 0.25) is 6.29 Å². The quantitative estimate of drug-likeness (QED) is 0.709. The topological polar surface area (TPSA) is 35.5 Å². The molecule has 0 radical (unpaired) electrons. The molecule has 1 fully saturated rings. The van der Waals surface area contributed by atoms with Crippen LogP contribution in [0.25, 0.3) is 0 Å². The predicted molar refractivity (Wildman–Crippen MR) is 65.2 cm³/mol. The molecule has 0 bridgehead atoms. The average molecular weight is 238 g/mol. The van der Waals surface area contributed by atoms with Gasteiger partial charge in [0.25, 0.3) is 0 Å². The summed E-state index contributed by atoms with van der Waals surface area (Å²) < 4.78 is 11.0. The fourth-order valence-corrected chi connectivity index (χ4v) is 2.86. The Morgan fingerprint density at radius 3 is 2.76 bits per heavy atom. The summed E-state index contributed by atoms with van der Waals surface area (Å²) in [6, 6.07) is 0. The van der Waals surface area contributed by atoms with E-state index in [0.29, 0.717) is 11.8 Å². The molecule has 96 valence electrons. The third-order valence-corrected chi connectivity index (χ3v) is 3.88. The molecule has 2 aliphatic rings. The molecule has 2 rings (SSSR count). The summed E-state index contributed by atoms with van der Waals surface area (Å²) >= 11 is 0. The Kier molecular flexibility index (Phi) is 3.87. The predicted octanol–water partition coefficient (Wildman–Crippen LogP) is 2.90. The van der Waals surface area contributed by atoms with Gasteiger partial charge in [0.05, 0.1) is 6.10 Å². The Hall–Kier alpha value is -0.830. The third-order valence-electron chi connectivity index (χ3n) is 3.88. The highest BCUT2D eigenvalue weighted by Gasteiger charge is 2.34. The lowest BCUT2D eigenvalue weighted by atomic mass is 9.75. The van der Waals surface area contributed by atoms with Gasteiger partial charge in [-0.1, -0.05) is 20.8 Å². The molecule has 0 spiro atoms. The van der Waals surface area contributed by atoms with Gasteiger partial charge >= 0.3 is 5.97 Å². The number of cyclic esters (lactones) is 1. The van der Waals surface area contributed by atoms with Crippen molar-refractivity contribution in [2.24, 2.45) is 17.8 Å². The van der Waals surface area contributed by atoms with Crippen molar-refractivity contribution in [3.8, 4) is 0 Å². The van der Waals surface area contributed by atoms with Crippen LogP contribution in [0.4, 0.5) is 0 Å². The van der Waals surface area contributed by atoms with Gasteiger partial charge in [-0.25, -0.2) is 4.79 Å². The standard InChI is InChI=1S/C14H22O3/c1-9(2)11-8-10(3)4-5-12(11)16-14-7-6-13(15)17-14/h6-7,9-12,14H,4-5,8H2,1-3H3/t10?,11?,12?,14-/m0/s1. The van der Waals surface area contributed by atoms with Gasteiger partial charge in [0, 0.05) is 6.08 Å². The van der Waals surface area contributed by atoms with Crippen molar-refractivity contribution in [3.63, 3.8) is 0 Å². The van der Waals surface area contributed by atoms with Crippen LogP contribution in [0.3, 0.4) is 0 Å². The second-order valence-electron chi connectivity index (χ2n) is 5.67. The first-order valence-corrected chi connectivity index (χ1v) is 6.60. The number of hydrogen-bond donors (Lipinski definition) is 0. The molecule has 0 aromatic heterocycles. The van der Waals surface area contributed by atoms with Crippen molar-refractivity contribution in [1.82, 2.24) is 0 Å². The summed E-state index contributed by atoms with van der Waals surface area (Å²) in [5, 5.41) is 0. The Bertz CT molecular complexity index is 309. The van der Waals surface area contributed by atoms with E-state index >= 15 is 0 Å². The zero-order valence-corrected chi connectivity index (χ0v) is 10.9. The molecular formula is C14H22O3. The molecule has 0 aromatic rings. The van der Waals surface area contributed by atoms with Crippen LogP contribution in [0.15, 0.2) is 12.2 Å². The Balaban J connectivity index is 1.94. The molecule has 4 atom stereocenters. The van der Waals surface area contributed by atoms with Crippen molar-refractivity contribution in [2.75, 3.05) is 0 Å². The second kappa shape index (κ2) is 5.21. The highest BCUT2D eigenvalue weighted by Crippen LogP contribution is 2.36. The third kappa shape index (κ3) is 3.09. The number of esters is 1. The fourth-order valence-electron chi connectivity index (χ4n) is 2.86. The lowest BCUT2D eigenvalue weighted by Crippen LogP contribution is -2.36. The number of rotatable bonds is 3. The molecule has 1 saturated carbocycles. The van der Waals surface area contributed by atoms with E-state index in [0.717, 1.165) is 12.3 Å². The Morgan fingerprint density at radius 2 is 2.18 bits per heavy atom. The van der Waals surface area contributed by atoms with Crippen molar-refractivity contribution in [2.45, 2.75) is 52.4 Å². The molecule has 0 aromatic carbocycles. The smallest absolute Gasteiger partial charge is 0.333 e. The molecule has 1 heterocycles. The highest BCUT2D eigenvalue weighted by molar-refractivity contribution is 5.84. The zero-order valence-electron chi connectivity index (χ0n) is 10.9. The molecule has 1 aliphatic heterocycles. The molecule has 3 unspecified atom stereocenters. The largest absolute Gasteiger partial charge is 0.429 e. The first kappa shape index (κ1) is 12.6. The molecule has 1 aliphatic carbocycles. The van der Waals surface area contributed by atoms with Crippen LogP contribution in [0, 0.1) is 17.8 Å². The van der Waals surface area contributed by atoms with E-state index in [-0.39, 0.29) is 12.1 Å². The maximum absolute atomic E-state index is 11.0. The minimum atomic E-state index is -0.456. The summed E-state index contributed by atoms with van der Waals surface area (Å²) in [4.78, 5) is 11.0. The molecule has 17 heavy (non-hydrogen) atoms. The van der Waals surface area contributed by atoms with Crippen LogP contribution >= 0.6 is 0 Å². The maximum Gasteiger partial charge on any atom is 0.333 e. The van der Waals surface area contributed by atoms with Gasteiger partial charge in [-0.05, 0) is 43.1 Å². The van der Waals surface area contributed by atoms with Crippen LogP contribution in [-0.4, -0.2) is 18.4 Å². The van der Waals surface area contributed by atoms with Gasteiger partial charge in [-0.3, -0.25) is 0 Å². The summed E-state index contributed by atoms with van der Waals surface area (Å²) in [5.41, 5.74) is 0. The first-order chi connectivity index (χ1) is 8.06. The van der Waals surface area contributed by atoms with Crippen molar-refractivity contribution in [1.29, 1.82) is 0 Å². The molecule has 0 amide bonds.